The van der Waals surface area contributed by atoms with Crippen LogP contribution in [0.5, 0.6) is 5.75 Å². The Morgan fingerprint density at radius 3 is 3.00 bits per heavy atom. The zero-order valence-electron chi connectivity index (χ0n) is 12.8. The fourth-order valence-corrected chi connectivity index (χ4v) is 3.81. The molecule has 0 spiro atoms. The maximum Gasteiger partial charge on any atom is 0.119 e. The number of aromatic nitrogens is 1. The van der Waals surface area contributed by atoms with Gasteiger partial charge in [0.25, 0.3) is 0 Å². The largest absolute Gasteiger partial charge is 0.497 e. The van der Waals surface area contributed by atoms with Gasteiger partial charge in [-0.15, -0.1) is 11.3 Å². The van der Waals surface area contributed by atoms with E-state index in [0.717, 1.165) is 5.75 Å². The summed E-state index contributed by atoms with van der Waals surface area (Å²) in [6.07, 6.45) is 5.54. The Morgan fingerprint density at radius 1 is 1.43 bits per heavy atom. The normalized spacial score (nSPS) is 19.1. The first-order valence-corrected chi connectivity index (χ1v) is 8.34. The molecule has 0 saturated heterocycles. The molecule has 112 valence electrons. The van der Waals surface area contributed by atoms with E-state index in [4.69, 9.17) is 4.74 Å². The van der Waals surface area contributed by atoms with Crippen molar-refractivity contribution in [3.63, 3.8) is 0 Å². The summed E-state index contributed by atoms with van der Waals surface area (Å²) < 4.78 is 5.38. The Labute approximate surface area is 130 Å². The molecule has 0 saturated carbocycles. The number of nitrogens with one attached hydrogen (secondary N) is 1. The molecule has 1 heterocycles. The minimum absolute atomic E-state index is 0.283. The molecular formula is C17H22N2OS. The van der Waals surface area contributed by atoms with Crippen molar-refractivity contribution >= 4 is 11.3 Å². The Kier molecular flexibility index (Phi) is 4.27. The molecule has 4 heteroatoms. The summed E-state index contributed by atoms with van der Waals surface area (Å²) in [5.74, 6) is 0.945. The lowest BCUT2D eigenvalue weighted by molar-refractivity contribution is 0.398. The van der Waals surface area contributed by atoms with Crippen LogP contribution in [-0.2, 0) is 6.42 Å². The van der Waals surface area contributed by atoms with Crippen molar-refractivity contribution < 1.29 is 4.74 Å². The van der Waals surface area contributed by atoms with Gasteiger partial charge in [0, 0.05) is 17.1 Å². The first-order valence-electron chi connectivity index (χ1n) is 7.52. The van der Waals surface area contributed by atoms with Gasteiger partial charge in [-0.25, -0.2) is 4.98 Å². The van der Waals surface area contributed by atoms with Gasteiger partial charge in [-0.05, 0) is 56.4 Å². The van der Waals surface area contributed by atoms with E-state index in [1.54, 1.807) is 18.4 Å². The lowest BCUT2D eigenvalue weighted by Gasteiger charge is -2.29. The number of nitrogens with zero attached hydrogens (tertiary/aromatic N) is 1. The summed E-state index contributed by atoms with van der Waals surface area (Å²) in [6, 6.07) is 7.13. The molecule has 1 aliphatic carbocycles. The highest BCUT2D eigenvalue weighted by molar-refractivity contribution is 7.11. The Bertz CT molecular complexity index is 623. The van der Waals surface area contributed by atoms with Crippen molar-refractivity contribution in [1.29, 1.82) is 0 Å². The van der Waals surface area contributed by atoms with Crippen LogP contribution >= 0.6 is 11.3 Å². The van der Waals surface area contributed by atoms with Gasteiger partial charge in [-0.3, -0.25) is 0 Å². The standard InChI is InChI=1S/C17H22N2OS/c1-11-10-18-17(21-11)12(2)19-16-6-4-5-13-7-8-14(20-3)9-15(13)16/h7-10,12,16,19H,4-6H2,1-3H3. The van der Waals surface area contributed by atoms with Gasteiger partial charge in [0.05, 0.1) is 13.2 Å². The van der Waals surface area contributed by atoms with E-state index in [1.165, 1.54) is 40.3 Å². The third kappa shape index (κ3) is 3.11. The van der Waals surface area contributed by atoms with E-state index in [9.17, 15) is 0 Å². The Morgan fingerprint density at radius 2 is 2.29 bits per heavy atom. The smallest absolute Gasteiger partial charge is 0.119 e. The zero-order valence-corrected chi connectivity index (χ0v) is 13.7. The molecular weight excluding hydrogens is 280 g/mol. The molecule has 3 nitrogen and oxygen atoms in total. The van der Waals surface area contributed by atoms with Crippen LogP contribution in [0.4, 0.5) is 0 Å². The maximum atomic E-state index is 5.38. The van der Waals surface area contributed by atoms with Gasteiger partial charge >= 0.3 is 0 Å². The minimum Gasteiger partial charge on any atom is -0.497 e. The first kappa shape index (κ1) is 14.5. The van der Waals surface area contributed by atoms with Gasteiger partial charge in [-0.1, -0.05) is 6.07 Å². The van der Waals surface area contributed by atoms with Crippen molar-refractivity contribution in [2.24, 2.45) is 0 Å². The van der Waals surface area contributed by atoms with Crippen LogP contribution < -0.4 is 10.1 Å². The highest BCUT2D eigenvalue weighted by Crippen LogP contribution is 2.34. The number of hydrogen-bond acceptors (Lipinski definition) is 4. The average molecular weight is 302 g/mol. The van der Waals surface area contributed by atoms with Gasteiger partial charge in [0.15, 0.2) is 0 Å². The lowest BCUT2D eigenvalue weighted by Crippen LogP contribution is -2.27. The van der Waals surface area contributed by atoms with Crippen LogP contribution in [0.1, 0.15) is 52.9 Å². The van der Waals surface area contributed by atoms with E-state index in [2.05, 4.69) is 42.3 Å². The fraction of sp³-hybridized carbons (Fsp3) is 0.471. The predicted molar refractivity (Wildman–Crippen MR) is 87.1 cm³/mol. The molecule has 0 fully saturated rings. The van der Waals surface area contributed by atoms with Crippen molar-refractivity contribution in [1.82, 2.24) is 10.3 Å². The number of aryl methyl sites for hydroxylation is 2. The summed E-state index contributed by atoms with van der Waals surface area (Å²) in [7, 11) is 1.73. The molecule has 2 aromatic rings. The van der Waals surface area contributed by atoms with E-state index in [0.29, 0.717) is 6.04 Å². The second-order valence-electron chi connectivity index (χ2n) is 5.71. The summed E-state index contributed by atoms with van der Waals surface area (Å²) in [5.41, 5.74) is 2.84. The SMILES string of the molecule is COc1ccc2c(c1)C(NC(C)c1ncc(C)s1)CCC2. The fourth-order valence-electron chi connectivity index (χ4n) is 3.02. The number of fused-ring (bicyclic) bond motifs is 1. The maximum absolute atomic E-state index is 5.38. The van der Waals surface area contributed by atoms with Crippen molar-refractivity contribution in [3.8, 4) is 5.75 Å². The molecule has 2 unspecified atom stereocenters. The number of rotatable bonds is 4. The molecule has 21 heavy (non-hydrogen) atoms. The second-order valence-corrected chi connectivity index (χ2v) is 6.97. The number of hydrogen-bond donors (Lipinski definition) is 1. The van der Waals surface area contributed by atoms with Crippen LogP contribution in [-0.4, -0.2) is 12.1 Å². The van der Waals surface area contributed by atoms with Crippen molar-refractivity contribution in [2.45, 2.75) is 45.2 Å². The van der Waals surface area contributed by atoms with Gasteiger partial charge in [-0.2, -0.15) is 0 Å². The molecule has 0 radical (unpaired) electrons. The summed E-state index contributed by atoms with van der Waals surface area (Å²) in [4.78, 5) is 5.77. The number of methoxy groups -OCH3 is 1. The lowest BCUT2D eigenvalue weighted by atomic mass is 9.87. The topological polar surface area (TPSA) is 34.1 Å². The number of benzene rings is 1. The van der Waals surface area contributed by atoms with E-state index < -0.39 is 0 Å². The van der Waals surface area contributed by atoms with Crippen LogP contribution in [0.15, 0.2) is 24.4 Å². The highest BCUT2D eigenvalue weighted by atomic mass is 32.1. The highest BCUT2D eigenvalue weighted by Gasteiger charge is 2.23. The molecule has 2 atom stereocenters. The van der Waals surface area contributed by atoms with Gasteiger partial charge < -0.3 is 10.1 Å². The molecule has 0 amide bonds. The molecule has 1 aliphatic rings. The zero-order chi connectivity index (χ0) is 14.8. The second kappa shape index (κ2) is 6.16. The van der Waals surface area contributed by atoms with Crippen LogP contribution in [0.3, 0.4) is 0 Å². The average Bonchev–Trinajstić information content (AvgIpc) is 2.94. The minimum atomic E-state index is 0.283. The third-order valence-corrected chi connectivity index (χ3v) is 5.22. The van der Waals surface area contributed by atoms with Crippen LogP contribution in [0, 0.1) is 6.92 Å². The van der Waals surface area contributed by atoms with E-state index in [-0.39, 0.29) is 6.04 Å². The van der Waals surface area contributed by atoms with Crippen molar-refractivity contribution in [2.75, 3.05) is 7.11 Å². The van der Waals surface area contributed by atoms with E-state index in [1.807, 2.05) is 6.20 Å². The van der Waals surface area contributed by atoms with E-state index >= 15 is 0 Å². The molecule has 1 aromatic carbocycles. The molecule has 1 aromatic heterocycles. The molecule has 1 N–H and O–H groups in total. The summed E-state index contributed by atoms with van der Waals surface area (Å²) >= 11 is 1.78. The third-order valence-electron chi connectivity index (χ3n) is 4.13. The van der Waals surface area contributed by atoms with Crippen LogP contribution in [0.25, 0.3) is 0 Å². The van der Waals surface area contributed by atoms with Gasteiger partial charge in [0.1, 0.15) is 10.8 Å². The molecule has 0 aliphatic heterocycles. The number of thiazole rings is 1. The van der Waals surface area contributed by atoms with Crippen molar-refractivity contribution in [3.05, 3.63) is 45.4 Å². The van der Waals surface area contributed by atoms with Crippen LogP contribution in [0.2, 0.25) is 0 Å². The molecule has 3 rings (SSSR count). The Balaban J connectivity index is 1.81. The first-order chi connectivity index (χ1) is 10.2. The summed E-state index contributed by atoms with van der Waals surface area (Å²) in [5, 5.41) is 4.92. The quantitative estimate of drug-likeness (QED) is 0.919. The summed E-state index contributed by atoms with van der Waals surface area (Å²) in [6.45, 7) is 4.31. The molecule has 0 bridgehead atoms. The predicted octanol–water partition coefficient (Wildman–Crippen LogP) is 4.19. The van der Waals surface area contributed by atoms with Gasteiger partial charge in [0.2, 0.25) is 0 Å². The number of ether oxygens (including phenoxy) is 1. The Hall–Kier alpha value is -1.39. The monoisotopic (exact) mass is 302 g/mol.